The first kappa shape index (κ1) is 16.4. The number of nitrogens with one attached hydrogen (secondary N) is 1. The van der Waals surface area contributed by atoms with Crippen LogP contribution in [0.3, 0.4) is 0 Å². The van der Waals surface area contributed by atoms with Crippen LogP contribution >= 0.6 is 0 Å². The van der Waals surface area contributed by atoms with Crippen LogP contribution in [0.5, 0.6) is 0 Å². The highest BCUT2D eigenvalue weighted by Crippen LogP contribution is 2.12. The van der Waals surface area contributed by atoms with Crippen LogP contribution in [-0.4, -0.2) is 31.5 Å². The van der Waals surface area contributed by atoms with Crippen molar-refractivity contribution in [1.82, 2.24) is 5.32 Å². The fourth-order valence-electron chi connectivity index (χ4n) is 2.50. The van der Waals surface area contributed by atoms with Crippen molar-refractivity contribution in [2.45, 2.75) is 18.8 Å². The van der Waals surface area contributed by atoms with Gasteiger partial charge in [-0.15, -0.1) is 0 Å². The topological polar surface area (TPSA) is 47.6 Å². The second-order valence-corrected chi connectivity index (χ2v) is 5.68. The summed E-state index contributed by atoms with van der Waals surface area (Å²) in [6.07, 6.45) is 4.53. The van der Waals surface area contributed by atoms with Crippen LogP contribution in [-0.2, 0) is 9.47 Å². The molecule has 1 N–H and O–H groups in total. The van der Waals surface area contributed by atoms with Crippen molar-refractivity contribution < 1.29 is 14.3 Å². The van der Waals surface area contributed by atoms with E-state index in [1.165, 1.54) is 0 Å². The van der Waals surface area contributed by atoms with Crippen LogP contribution < -0.4 is 5.32 Å². The van der Waals surface area contributed by atoms with Gasteiger partial charge in [-0.1, -0.05) is 60.7 Å². The zero-order valence-electron chi connectivity index (χ0n) is 13.4. The van der Waals surface area contributed by atoms with Gasteiger partial charge in [0.2, 0.25) is 0 Å². The number of hydrogen-bond donors (Lipinski definition) is 1. The third-order valence-corrected chi connectivity index (χ3v) is 3.78. The highest BCUT2D eigenvalue weighted by Gasteiger charge is 2.23. The van der Waals surface area contributed by atoms with Crippen molar-refractivity contribution in [3.8, 4) is 0 Å². The molecule has 4 nitrogen and oxygen atoms in total. The fourth-order valence-corrected chi connectivity index (χ4v) is 2.50. The summed E-state index contributed by atoms with van der Waals surface area (Å²) in [7, 11) is 0. The van der Waals surface area contributed by atoms with E-state index < -0.39 is 0 Å². The van der Waals surface area contributed by atoms with E-state index in [0.717, 1.165) is 5.56 Å². The molecule has 3 rings (SSSR count). The summed E-state index contributed by atoms with van der Waals surface area (Å²) in [6, 6.07) is 19.1. The number of benzene rings is 2. The Hall–Kier alpha value is -2.43. The van der Waals surface area contributed by atoms with Crippen LogP contribution in [0.15, 0.2) is 66.7 Å². The third kappa shape index (κ3) is 4.78. The molecule has 4 heteroatoms. The van der Waals surface area contributed by atoms with Crippen molar-refractivity contribution in [3.63, 3.8) is 0 Å². The van der Waals surface area contributed by atoms with Crippen molar-refractivity contribution in [2.24, 2.45) is 0 Å². The monoisotopic (exact) mass is 323 g/mol. The van der Waals surface area contributed by atoms with Crippen molar-refractivity contribution in [3.05, 3.63) is 77.9 Å². The van der Waals surface area contributed by atoms with Crippen LogP contribution in [0.2, 0.25) is 0 Å². The van der Waals surface area contributed by atoms with Gasteiger partial charge in [0.05, 0.1) is 19.3 Å². The molecular formula is C20H21NO3. The first-order valence-corrected chi connectivity index (χ1v) is 8.12. The lowest BCUT2D eigenvalue weighted by Crippen LogP contribution is -2.47. The van der Waals surface area contributed by atoms with E-state index in [0.29, 0.717) is 25.2 Å². The minimum absolute atomic E-state index is 0.102. The number of ether oxygens (including phenoxy) is 2. The maximum Gasteiger partial charge on any atom is 0.251 e. The standard InChI is InChI=1S/C20H21NO3/c22-20(17-11-5-2-6-12-17)21-18-14-23-19(24-15-18)13-7-10-16-8-3-1-4-9-16/h1-12,18-19H,13-15H2,(H,21,22). The average molecular weight is 323 g/mol. The zero-order chi connectivity index (χ0) is 16.6. The molecule has 0 aromatic heterocycles. The molecule has 1 saturated heterocycles. The normalized spacial score (nSPS) is 20.8. The van der Waals surface area contributed by atoms with Crippen molar-refractivity contribution >= 4 is 12.0 Å². The molecule has 0 unspecified atom stereocenters. The van der Waals surface area contributed by atoms with Gasteiger partial charge in [0.25, 0.3) is 5.91 Å². The molecule has 1 heterocycles. The molecular weight excluding hydrogens is 302 g/mol. The van der Waals surface area contributed by atoms with Crippen LogP contribution in [0.25, 0.3) is 6.08 Å². The van der Waals surface area contributed by atoms with E-state index in [-0.39, 0.29) is 18.2 Å². The summed E-state index contributed by atoms with van der Waals surface area (Å²) in [4.78, 5) is 12.1. The van der Waals surface area contributed by atoms with Gasteiger partial charge in [0.1, 0.15) is 0 Å². The molecule has 0 aliphatic carbocycles. The summed E-state index contributed by atoms with van der Waals surface area (Å²) in [5.74, 6) is -0.102. The molecule has 124 valence electrons. The van der Waals surface area contributed by atoms with Gasteiger partial charge in [-0.2, -0.15) is 0 Å². The van der Waals surface area contributed by atoms with Crippen molar-refractivity contribution in [1.29, 1.82) is 0 Å². The van der Waals surface area contributed by atoms with E-state index in [1.54, 1.807) is 12.1 Å². The Morgan fingerprint density at radius 1 is 1.00 bits per heavy atom. The Balaban J connectivity index is 1.41. The van der Waals surface area contributed by atoms with E-state index in [9.17, 15) is 4.79 Å². The molecule has 0 bridgehead atoms. The lowest BCUT2D eigenvalue weighted by molar-refractivity contribution is -0.185. The Morgan fingerprint density at radius 3 is 2.29 bits per heavy atom. The molecule has 0 spiro atoms. The molecule has 1 aliphatic heterocycles. The van der Waals surface area contributed by atoms with E-state index in [2.05, 4.69) is 11.4 Å². The first-order chi connectivity index (χ1) is 11.8. The predicted octanol–water partition coefficient (Wildman–Crippen LogP) is 3.26. The van der Waals surface area contributed by atoms with Gasteiger partial charge in [-0.05, 0) is 17.7 Å². The minimum Gasteiger partial charge on any atom is -0.350 e. The van der Waals surface area contributed by atoms with Gasteiger partial charge in [-0.3, -0.25) is 4.79 Å². The molecule has 1 amide bonds. The lowest BCUT2D eigenvalue weighted by atomic mass is 10.2. The third-order valence-electron chi connectivity index (χ3n) is 3.78. The number of amides is 1. The van der Waals surface area contributed by atoms with Gasteiger partial charge in [0, 0.05) is 12.0 Å². The number of carbonyl (C=O) groups excluding carboxylic acids is 1. The Morgan fingerprint density at radius 2 is 1.62 bits per heavy atom. The molecule has 0 atom stereocenters. The molecule has 2 aromatic carbocycles. The maximum atomic E-state index is 12.1. The fraction of sp³-hybridized carbons (Fsp3) is 0.250. The number of rotatable bonds is 5. The quantitative estimate of drug-likeness (QED) is 0.919. The summed E-state index contributed by atoms with van der Waals surface area (Å²) >= 11 is 0. The minimum atomic E-state index is -0.255. The smallest absolute Gasteiger partial charge is 0.251 e. The highest BCUT2D eigenvalue weighted by atomic mass is 16.7. The summed E-state index contributed by atoms with van der Waals surface area (Å²) in [5, 5.41) is 2.93. The molecule has 24 heavy (non-hydrogen) atoms. The van der Waals surface area contributed by atoms with Crippen LogP contribution in [0, 0.1) is 0 Å². The summed E-state index contributed by atoms with van der Waals surface area (Å²) < 4.78 is 11.4. The maximum absolute atomic E-state index is 12.1. The predicted molar refractivity (Wildman–Crippen MR) is 93.5 cm³/mol. The number of carbonyl (C=O) groups is 1. The van der Waals surface area contributed by atoms with Gasteiger partial charge >= 0.3 is 0 Å². The van der Waals surface area contributed by atoms with Crippen molar-refractivity contribution in [2.75, 3.05) is 13.2 Å². The SMILES string of the molecule is O=C(NC1COC(CC=Cc2ccccc2)OC1)c1ccccc1. The zero-order valence-corrected chi connectivity index (χ0v) is 13.4. The molecule has 1 fully saturated rings. The van der Waals surface area contributed by atoms with Gasteiger partial charge < -0.3 is 14.8 Å². The average Bonchev–Trinajstić information content (AvgIpc) is 2.65. The van der Waals surface area contributed by atoms with E-state index in [4.69, 9.17) is 9.47 Å². The largest absolute Gasteiger partial charge is 0.350 e. The highest BCUT2D eigenvalue weighted by molar-refractivity contribution is 5.94. The Kier molecular flexibility index (Phi) is 5.77. The lowest BCUT2D eigenvalue weighted by Gasteiger charge is -2.29. The molecule has 0 radical (unpaired) electrons. The van der Waals surface area contributed by atoms with Gasteiger partial charge in [-0.25, -0.2) is 0 Å². The molecule has 0 saturated carbocycles. The molecule has 2 aromatic rings. The Labute approximate surface area is 142 Å². The second-order valence-electron chi connectivity index (χ2n) is 5.68. The van der Waals surface area contributed by atoms with Gasteiger partial charge in [0.15, 0.2) is 6.29 Å². The second kappa shape index (κ2) is 8.43. The molecule has 1 aliphatic rings. The summed E-state index contributed by atoms with van der Waals surface area (Å²) in [6.45, 7) is 0.921. The Bertz CT molecular complexity index is 662. The van der Waals surface area contributed by atoms with E-state index >= 15 is 0 Å². The number of hydrogen-bond acceptors (Lipinski definition) is 3. The van der Waals surface area contributed by atoms with E-state index in [1.807, 2.05) is 54.6 Å². The van der Waals surface area contributed by atoms with Crippen LogP contribution in [0.1, 0.15) is 22.3 Å². The summed E-state index contributed by atoms with van der Waals surface area (Å²) in [5.41, 5.74) is 1.80. The van der Waals surface area contributed by atoms with Crippen LogP contribution in [0.4, 0.5) is 0 Å². The first-order valence-electron chi connectivity index (χ1n) is 8.12.